The Morgan fingerprint density at radius 1 is 0.880 bits per heavy atom. The number of hydrogen-bond donors (Lipinski definition) is 0. The summed E-state index contributed by atoms with van der Waals surface area (Å²) in [5.41, 5.74) is 1.60. The molecule has 2 rings (SSSR count). The van der Waals surface area contributed by atoms with Crippen LogP contribution in [0.3, 0.4) is 0 Å². The van der Waals surface area contributed by atoms with Crippen molar-refractivity contribution >= 4 is 11.6 Å². The van der Waals surface area contributed by atoms with Crippen molar-refractivity contribution in [2.24, 2.45) is 0 Å². The fourth-order valence-corrected chi connectivity index (χ4v) is 2.75. The predicted molar refractivity (Wildman–Crippen MR) is 104 cm³/mol. The quantitative estimate of drug-likeness (QED) is 0.690. The van der Waals surface area contributed by atoms with Gasteiger partial charge in [-0.25, -0.2) is 0 Å². The zero-order valence-corrected chi connectivity index (χ0v) is 15.4. The second kappa shape index (κ2) is 9.84. The van der Waals surface area contributed by atoms with Gasteiger partial charge in [0.05, 0.1) is 6.61 Å². The Bertz CT molecular complexity index is 637. The topological polar surface area (TPSA) is 32.8 Å². The van der Waals surface area contributed by atoms with Crippen molar-refractivity contribution in [1.82, 2.24) is 4.90 Å². The van der Waals surface area contributed by atoms with Crippen LogP contribution in [0, 0.1) is 0 Å². The van der Waals surface area contributed by atoms with Crippen molar-refractivity contribution in [3.05, 3.63) is 60.2 Å². The standard InChI is InChI=1S/C21H28N2O2/c1-4-22(5-2)16-17-23(19-10-8-7-9-11-19)21(24)18-12-14-20(15-13-18)25-6-3/h7-15H,4-6,16-17H2,1-3H3. The van der Waals surface area contributed by atoms with Gasteiger partial charge < -0.3 is 14.5 Å². The highest BCUT2D eigenvalue weighted by Crippen LogP contribution is 2.19. The number of amides is 1. The number of carbonyl (C=O) groups excluding carboxylic acids is 1. The molecule has 0 aliphatic rings. The Balaban J connectivity index is 2.20. The van der Waals surface area contributed by atoms with Crippen LogP contribution >= 0.6 is 0 Å². The molecule has 0 unspecified atom stereocenters. The normalized spacial score (nSPS) is 10.7. The molecule has 0 aromatic heterocycles. The minimum absolute atomic E-state index is 0.0152. The molecule has 0 spiro atoms. The SMILES string of the molecule is CCOc1ccc(C(=O)N(CCN(CC)CC)c2ccccc2)cc1. The minimum atomic E-state index is 0.0152. The maximum atomic E-state index is 13.1. The molecule has 2 aromatic carbocycles. The van der Waals surface area contributed by atoms with Gasteiger partial charge in [-0.3, -0.25) is 4.79 Å². The van der Waals surface area contributed by atoms with Crippen molar-refractivity contribution < 1.29 is 9.53 Å². The van der Waals surface area contributed by atoms with E-state index < -0.39 is 0 Å². The first-order chi connectivity index (χ1) is 12.2. The summed E-state index contributed by atoms with van der Waals surface area (Å²) in [6.07, 6.45) is 0. The fourth-order valence-electron chi connectivity index (χ4n) is 2.75. The van der Waals surface area contributed by atoms with Crippen LogP contribution in [0.4, 0.5) is 5.69 Å². The summed E-state index contributed by atoms with van der Waals surface area (Å²) >= 11 is 0. The molecule has 0 heterocycles. The third-order valence-corrected chi connectivity index (χ3v) is 4.26. The average Bonchev–Trinajstić information content (AvgIpc) is 2.66. The molecule has 4 nitrogen and oxygen atoms in total. The van der Waals surface area contributed by atoms with Crippen molar-refractivity contribution in [2.45, 2.75) is 20.8 Å². The number of hydrogen-bond acceptors (Lipinski definition) is 3. The summed E-state index contributed by atoms with van der Waals surface area (Å²) in [4.78, 5) is 17.2. The van der Waals surface area contributed by atoms with Crippen LogP contribution in [-0.2, 0) is 0 Å². The first-order valence-corrected chi connectivity index (χ1v) is 9.01. The Morgan fingerprint density at radius 2 is 1.52 bits per heavy atom. The summed E-state index contributed by atoms with van der Waals surface area (Å²) < 4.78 is 5.46. The Morgan fingerprint density at radius 3 is 2.08 bits per heavy atom. The summed E-state index contributed by atoms with van der Waals surface area (Å²) in [6.45, 7) is 10.3. The van der Waals surface area contributed by atoms with E-state index in [0.29, 0.717) is 18.7 Å². The molecule has 4 heteroatoms. The Kier molecular flexibility index (Phi) is 7.48. The molecule has 134 valence electrons. The fraction of sp³-hybridized carbons (Fsp3) is 0.381. The van der Waals surface area contributed by atoms with E-state index in [1.165, 1.54) is 0 Å². The molecule has 0 atom stereocenters. The molecule has 0 bridgehead atoms. The lowest BCUT2D eigenvalue weighted by Gasteiger charge is -2.26. The summed E-state index contributed by atoms with van der Waals surface area (Å²) in [5, 5.41) is 0. The molecule has 0 saturated carbocycles. The minimum Gasteiger partial charge on any atom is -0.494 e. The maximum absolute atomic E-state index is 13.1. The van der Waals surface area contributed by atoms with Crippen LogP contribution in [0.5, 0.6) is 5.75 Å². The van der Waals surface area contributed by atoms with E-state index in [9.17, 15) is 4.79 Å². The van der Waals surface area contributed by atoms with Gasteiger partial charge in [-0.05, 0) is 56.4 Å². The highest BCUT2D eigenvalue weighted by Gasteiger charge is 2.18. The monoisotopic (exact) mass is 340 g/mol. The van der Waals surface area contributed by atoms with Gasteiger partial charge >= 0.3 is 0 Å². The van der Waals surface area contributed by atoms with Gasteiger partial charge in [-0.15, -0.1) is 0 Å². The van der Waals surface area contributed by atoms with E-state index >= 15 is 0 Å². The zero-order valence-electron chi connectivity index (χ0n) is 15.4. The molecule has 2 aromatic rings. The molecule has 0 fully saturated rings. The number of benzene rings is 2. The van der Waals surface area contributed by atoms with Gasteiger partial charge in [0.15, 0.2) is 0 Å². The molecular formula is C21H28N2O2. The van der Waals surface area contributed by atoms with Gasteiger partial charge in [0, 0.05) is 24.3 Å². The molecule has 0 aliphatic carbocycles. The molecular weight excluding hydrogens is 312 g/mol. The van der Waals surface area contributed by atoms with Crippen LogP contribution < -0.4 is 9.64 Å². The Hall–Kier alpha value is -2.33. The Labute approximate surface area is 151 Å². The lowest BCUT2D eigenvalue weighted by Crippen LogP contribution is -2.38. The number of carbonyl (C=O) groups is 1. The summed E-state index contributed by atoms with van der Waals surface area (Å²) in [5.74, 6) is 0.801. The predicted octanol–water partition coefficient (Wildman–Crippen LogP) is 4.07. The van der Waals surface area contributed by atoms with Gasteiger partial charge in [-0.1, -0.05) is 32.0 Å². The second-order valence-corrected chi connectivity index (χ2v) is 5.78. The van der Waals surface area contributed by atoms with E-state index in [0.717, 1.165) is 31.1 Å². The van der Waals surface area contributed by atoms with Crippen molar-refractivity contribution in [1.29, 1.82) is 0 Å². The number of rotatable bonds is 9. The number of para-hydroxylation sites is 1. The van der Waals surface area contributed by atoms with Crippen LogP contribution in [0.1, 0.15) is 31.1 Å². The maximum Gasteiger partial charge on any atom is 0.258 e. The second-order valence-electron chi connectivity index (χ2n) is 5.78. The van der Waals surface area contributed by atoms with E-state index in [-0.39, 0.29) is 5.91 Å². The van der Waals surface area contributed by atoms with E-state index in [2.05, 4.69) is 18.7 Å². The van der Waals surface area contributed by atoms with Crippen molar-refractivity contribution in [3.63, 3.8) is 0 Å². The summed E-state index contributed by atoms with van der Waals surface area (Å²) in [7, 11) is 0. The number of ether oxygens (including phenoxy) is 1. The lowest BCUT2D eigenvalue weighted by molar-refractivity contribution is 0.0983. The van der Waals surface area contributed by atoms with Gasteiger partial charge in [0.1, 0.15) is 5.75 Å². The van der Waals surface area contributed by atoms with E-state index in [1.54, 1.807) is 0 Å². The third kappa shape index (κ3) is 5.33. The first kappa shape index (κ1) is 19.0. The number of anilines is 1. The van der Waals surface area contributed by atoms with Crippen LogP contribution in [0.2, 0.25) is 0 Å². The number of nitrogens with zero attached hydrogens (tertiary/aromatic N) is 2. The highest BCUT2D eigenvalue weighted by molar-refractivity contribution is 6.06. The van der Waals surface area contributed by atoms with Crippen molar-refractivity contribution in [3.8, 4) is 5.75 Å². The highest BCUT2D eigenvalue weighted by atomic mass is 16.5. The van der Waals surface area contributed by atoms with E-state index in [4.69, 9.17) is 4.74 Å². The van der Waals surface area contributed by atoms with E-state index in [1.807, 2.05) is 66.4 Å². The molecule has 0 radical (unpaired) electrons. The average molecular weight is 340 g/mol. The third-order valence-electron chi connectivity index (χ3n) is 4.26. The lowest BCUT2D eigenvalue weighted by atomic mass is 10.1. The van der Waals surface area contributed by atoms with Crippen LogP contribution in [0.25, 0.3) is 0 Å². The molecule has 0 aliphatic heterocycles. The van der Waals surface area contributed by atoms with Gasteiger partial charge in [0.2, 0.25) is 0 Å². The number of likely N-dealkylation sites (N-methyl/N-ethyl adjacent to an activating group) is 1. The molecule has 0 saturated heterocycles. The largest absolute Gasteiger partial charge is 0.494 e. The van der Waals surface area contributed by atoms with Crippen molar-refractivity contribution in [2.75, 3.05) is 37.7 Å². The summed E-state index contributed by atoms with van der Waals surface area (Å²) in [6, 6.07) is 17.2. The van der Waals surface area contributed by atoms with Crippen LogP contribution in [-0.4, -0.2) is 43.6 Å². The van der Waals surface area contributed by atoms with Crippen LogP contribution in [0.15, 0.2) is 54.6 Å². The first-order valence-electron chi connectivity index (χ1n) is 9.01. The zero-order chi connectivity index (χ0) is 18.1. The van der Waals surface area contributed by atoms with Gasteiger partial charge in [-0.2, -0.15) is 0 Å². The molecule has 25 heavy (non-hydrogen) atoms. The van der Waals surface area contributed by atoms with Gasteiger partial charge in [0.25, 0.3) is 5.91 Å². The smallest absolute Gasteiger partial charge is 0.258 e. The molecule has 0 N–H and O–H groups in total. The molecule has 1 amide bonds.